The molecule has 0 aliphatic rings. The molecule has 1 atom stereocenters. The average molecular weight is 457 g/mol. The monoisotopic (exact) mass is 456 g/mol. The number of hydrogen-bond acceptors (Lipinski definition) is 4. The van der Waals surface area contributed by atoms with Gasteiger partial charge in [-0.2, -0.15) is 0 Å². The first-order chi connectivity index (χ1) is 16.4. The molecule has 0 fully saturated rings. The summed E-state index contributed by atoms with van der Waals surface area (Å²) in [5, 5.41) is 24.4. The predicted octanol–water partition coefficient (Wildman–Crippen LogP) is 6.03. The van der Waals surface area contributed by atoms with E-state index in [9.17, 15) is 19.9 Å². The second-order valence-electron chi connectivity index (χ2n) is 8.55. The number of carbonyl (C=O) groups excluding carboxylic acids is 1. The van der Waals surface area contributed by atoms with Crippen LogP contribution in [0.15, 0.2) is 65.8 Å². The summed E-state index contributed by atoms with van der Waals surface area (Å²) in [5.74, 6) is -1.57. The van der Waals surface area contributed by atoms with Gasteiger partial charge in [0, 0.05) is 51.5 Å². The van der Waals surface area contributed by atoms with Gasteiger partial charge in [-0.05, 0) is 56.2 Å². The lowest BCUT2D eigenvalue weighted by atomic mass is 9.94. The molecule has 6 heteroatoms. The molecule has 0 spiro atoms. The Morgan fingerprint density at radius 1 is 0.941 bits per heavy atom. The Labute approximate surface area is 198 Å². The number of rotatable bonds is 8. The number of carboxylic acids is 1. The number of nitrogens with zero attached hydrogens (tertiary/aromatic N) is 2. The summed E-state index contributed by atoms with van der Waals surface area (Å²) in [6.45, 7) is 6.55. The van der Waals surface area contributed by atoms with Crippen molar-refractivity contribution in [2.75, 3.05) is 0 Å². The Hall–Kier alpha value is -3.93. The van der Waals surface area contributed by atoms with Crippen molar-refractivity contribution in [1.82, 2.24) is 4.57 Å². The van der Waals surface area contributed by atoms with E-state index < -0.39 is 11.9 Å². The molecule has 1 heterocycles. The summed E-state index contributed by atoms with van der Waals surface area (Å²) in [6, 6.07) is 19.1. The van der Waals surface area contributed by atoms with Crippen LogP contribution < -0.4 is 0 Å². The molecule has 0 amide bonds. The third-order valence-corrected chi connectivity index (χ3v) is 6.57. The molecular formula is C28H28N2O4. The summed E-state index contributed by atoms with van der Waals surface area (Å²) >= 11 is 0. The second-order valence-corrected chi connectivity index (χ2v) is 8.55. The van der Waals surface area contributed by atoms with Gasteiger partial charge < -0.3 is 14.9 Å². The van der Waals surface area contributed by atoms with Crippen LogP contribution in [0.5, 0.6) is 0 Å². The largest absolute Gasteiger partial charge is 0.481 e. The van der Waals surface area contributed by atoms with Crippen LogP contribution in [0.25, 0.3) is 21.8 Å². The number of carboxylic acid groups (broad SMARTS) is 1. The van der Waals surface area contributed by atoms with Crippen LogP contribution in [0.1, 0.15) is 53.7 Å². The van der Waals surface area contributed by atoms with E-state index in [1.165, 1.54) is 0 Å². The van der Waals surface area contributed by atoms with Gasteiger partial charge in [0.25, 0.3) is 0 Å². The average Bonchev–Trinajstić information content (AvgIpc) is 3.16. The molecule has 34 heavy (non-hydrogen) atoms. The van der Waals surface area contributed by atoms with E-state index in [0.29, 0.717) is 28.8 Å². The SMILES string of the molecule is CCC(CC(=NO)c1ccc2c(c1)c1cc(C(=O)c3ccccc3C)ccc1n2CC)C(=O)O. The molecule has 4 aromatic rings. The van der Waals surface area contributed by atoms with Crippen molar-refractivity contribution in [3.8, 4) is 0 Å². The van der Waals surface area contributed by atoms with Gasteiger partial charge >= 0.3 is 5.97 Å². The van der Waals surface area contributed by atoms with Crippen LogP contribution >= 0.6 is 0 Å². The highest BCUT2D eigenvalue weighted by molar-refractivity contribution is 6.16. The smallest absolute Gasteiger partial charge is 0.306 e. The molecule has 0 saturated heterocycles. The minimum Gasteiger partial charge on any atom is -0.481 e. The fourth-order valence-corrected chi connectivity index (χ4v) is 4.60. The number of aromatic nitrogens is 1. The molecule has 174 valence electrons. The van der Waals surface area contributed by atoms with Gasteiger partial charge in [-0.1, -0.05) is 42.4 Å². The Morgan fingerprint density at radius 3 is 2.12 bits per heavy atom. The number of fused-ring (bicyclic) bond motifs is 3. The Morgan fingerprint density at radius 2 is 1.56 bits per heavy atom. The van der Waals surface area contributed by atoms with E-state index in [4.69, 9.17) is 0 Å². The molecule has 0 radical (unpaired) electrons. The van der Waals surface area contributed by atoms with Gasteiger partial charge in [0.15, 0.2) is 5.78 Å². The van der Waals surface area contributed by atoms with Crippen LogP contribution in [0.3, 0.4) is 0 Å². The van der Waals surface area contributed by atoms with Gasteiger partial charge in [0.2, 0.25) is 0 Å². The Bertz CT molecular complexity index is 1430. The Balaban J connectivity index is 1.86. The third-order valence-electron chi connectivity index (χ3n) is 6.57. The number of carbonyl (C=O) groups is 2. The van der Waals surface area contributed by atoms with Crippen molar-refractivity contribution in [3.63, 3.8) is 0 Å². The standard InChI is InChI=1S/C28H28N2O4/c1-4-18(28(32)33)16-24(29-34)19-10-12-25-22(14-19)23-15-20(11-13-26(23)30(25)5-2)27(31)21-9-7-6-8-17(21)3/h6-15,18,34H,4-5,16H2,1-3H3,(H,32,33). The summed E-state index contributed by atoms with van der Waals surface area (Å²) < 4.78 is 2.18. The fraction of sp³-hybridized carbons (Fsp3) is 0.250. The maximum Gasteiger partial charge on any atom is 0.306 e. The predicted molar refractivity (Wildman–Crippen MR) is 134 cm³/mol. The van der Waals surface area contributed by atoms with Gasteiger partial charge in [0.05, 0.1) is 11.6 Å². The summed E-state index contributed by atoms with van der Waals surface area (Å²) in [6.07, 6.45) is 0.577. The topological polar surface area (TPSA) is 91.9 Å². The highest BCUT2D eigenvalue weighted by Crippen LogP contribution is 2.32. The molecule has 4 rings (SSSR count). The zero-order chi connectivity index (χ0) is 24.4. The summed E-state index contributed by atoms with van der Waals surface area (Å²) in [7, 11) is 0. The first-order valence-corrected chi connectivity index (χ1v) is 11.5. The molecule has 1 aromatic heterocycles. The van der Waals surface area contributed by atoms with Gasteiger partial charge in [-0.25, -0.2) is 0 Å². The minimum absolute atomic E-state index is 0.0293. The van der Waals surface area contributed by atoms with E-state index in [1.54, 1.807) is 6.92 Å². The maximum absolute atomic E-state index is 13.2. The second kappa shape index (κ2) is 9.51. The molecule has 2 N–H and O–H groups in total. The van der Waals surface area contributed by atoms with Gasteiger partial charge in [-0.15, -0.1) is 0 Å². The van der Waals surface area contributed by atoms with Gasteiger partial charge in [0.1, 0.15) is 0 Å². The van der Waals surface area contributed by atoms with Crippen LogP contribution in [0.2, 0.25) is 0 Å². The number of benzene rings is 3. The zero-order valence-electron chi connectivity index (χ0n) is 19.6. The zero-order valence-corrected chi connectivity index (χ0v) is 19.6. The fourth-order valence-electron chi connectivity index (χ4n) is 4.60. The molecular weight excluding hydrogens is 428 g/mol. The molecule has 0 saturated carbocycles. The Kier molecular flexibility index (Phi) is 6.50. The lowest BCUT2D eigenvalue weighted by Crippen LogP contribution is -2.18. The van der Waals surface area contributed by atoms with Crippen LogP contribution in [-0.2, 0) is 11.3 Å². The van der Waals surface area contributed by atoms with E-state index in [2.05, 4.69) is 16.6 Å². The lowest BCUT2D eigenvalue weighted by molar-refractivity contribution is -0.141. The van der Waals surface area contributed by atoms with Crippen molar-refractivity contribution in [1.29, 1.82) is 0 Å². The van der Waals surface area contributed by atoms with Crippen molar-refractivity contribution in [2.24, 2.45) is 11.1 Å². The van der Waals surface area contributed by atoms with E-state index in [0.717, 1.165) is 33.9 Å². The maximum atomic E-state index is 13.2. The number of oxime groups is 1. The van der Waals surface area contributed by atoms with Gasteiger partial charge in [-0.3, -0.25) is 9.59 Å². The van der Waals surface area contributed by atoms with E-state index in [-0.39, 0.29) is 12.2 Å². The number of ketones is 1. The van der Waals surface area contributed by atoms with Crippen molar-refractivity contribution in [2.45, 2.75) is 40.2 Å². The van der Waals surface area contributed by atoms with Crippen LogP contribution in [0.4, 0.5) is 0 Å². The van der Waals surface area contributed by atoms with Crippen LogP contribution in [-0.4, -0.2) is 32.3 Å². The molecule has 0 aliphatic carbocycles. The van der Waals surface area contributed by atoms with E-state index >= 15 is 0 Å². The van der Waals surface area contributed by atoms with Crippen molar-refractivity contribution in [3.05, 3.63) is 82.9 Å². The van der Waals surface area contributed by atoms with Crippen LogP contribution in [0, 0.1) is 12.8 Å². The van der Waals surface area contributed by atoms with E-state index in [1.807, 2.05) is 67.6 Å². The molecule has 1 unspecified atom stereocenters. The first kappa shape index (κ1) is 23.2. The number of hydrogen-bond donors (Lipinski definition) is 2. The summed E-state index contributed by atoms with van der Waals surface area (Å²) in [5.41, 5.74) is 5.23. The number of aliphatic carboxylic acids is 1. The number of aryl methyl sites for hydroxylation is 2. The van der Waals surface area contributed by atoms with Crippen molar-refractivity contribution >= 4 is 39.3 Å². The van der Waals surface area contributed by atoms with Crippen molar-refractivity contribution < 1.29 is 19.9 Å². The molecule has 6 nitrogen and oxygen atoms in total. The molecule has 3 aromatic carbocycles. The minimum atomic E-state index is -0.910. The normalized spacial score (nSPS) is 12.9. The highest BCUT2D eigenvalue weighted by atomic mass is 16.4. The first-order valence-electron chi connectivity index (χ1n) is 11.5. The highest BCUT2D eigenvalue weighted by Gasteiger charge is 2.21. The molecule has 0 bridgehead atoms. The third kappa shape index (κ3) is 4.07. The summed E-state index contributed by atoms with van der Waals surface area (Å²) in [4.78, 5) is 24.8. The quantitative estimate of drug-likeness (QED) is 0.146. The lowest BCUT2D eigenvalue weighted by Gasteiger charge is -2.11. The molecule has 0 aliphatic heterocycles.